The van der Waals surface area contributed by atoms with Crippen LogP contribution in [0.5, 0.6) is 0 Å². The molecule has 3 saturated carbocycles. The highest BCUT2D eigenvalue weighted by Gasteiger charge is 2.55. The Bertz CT molecular complexity index is 356. The molecule has 3 aliphatic rings. The number of rotatable bonds is 4. The average Bonchev–Trinajstić information content (AvgIpc) is 2.90. The minimum atomic E-state index is -0.656. The number of hydrogen-bond donors (Lipinski definition) is 2. The normalized spacial score (nSPS) is 25.8. The standard InChI is InChI=1S/C13H21N3O2/c14-12(18)15-13(7-8-13)11(17)16(9-3-1-4-9)10-5-2-6-10/h9-10H,1-8H2,(H3,14,15,18). The lowest BCUT2D eigenvalue weighted by molar-refractivity contribution is -0.144. The Morgan fingerprint density at radius 1 is 1.06 bits per heavy atom. The van der Waals surface area contributed by atoms with Gasteiger partial charge in [0.25, 0.3) is 0 Å². The number of primary amides is 1. The van der Waals surface area contributed by atoms with E-state index in [9.17, 15) is 9.59 Å². The van der Waals surface area contributed by atoms with Crippen LogP contribution in [0.1, 0.15) is 51.4 Å². The minimum Gasteiger partial charge on any atom is -0.352 e. The van der Waals surface area contributed by atoms with Crippen molar-refractivity contribution in [3.63, 3.8) is 0 Å². The summed E-state index contributed by atoms with van der Waals surface area (Å²) in [6.07, 6.45) is 8.40. The summed E-state index contributed by atoms with van der Waals surface area (Å²) in [7, 11) is 0. The van der Waals surface area contributed by atoms with Crippen molar-refractivity contribution in [3.05, 3.63) is 0 Å². The molecule has 3 amide bonds. The summed E-state index contributed by atoms with van der Waals surface area (Å²) < 4.78 is 0. The molecule has 0 unspecified atom stereocenters. The summed E-state index contributed by atoms with van der Waals surface area (Å²) in [4.78, 5) is 25.8. The second-order valence-electron chi connectivity index (χ2n) is 5.95. The molecule has 3 aliphatic carbocycles. The zero-order valence-electron chi connectivity index (χ0n) is 10.7. The van der Waals surface area contributed by atoms with E-state index in [-0.39, 0.29) is 5.91 Å². The number of carbonyl (C=O) groups excluding carboxylic acids is 2. The zero-order chi connectivity index (χ0) is 12.8. The smallest absolute Gasteiger partial charge is 0.313 e. The maximum Gasteiger partial charge on any atom is 0.313 e. The van der Waals surface area contributed by atoms with Crippen molar-refractivity contribution in [2.75, 3.05) is 0 Å². The van der Waals surface area contributed by atoms with Crippen molar-refractivity contribution in [2.45, 2.75) is 69.0 Å². The third-order valence-corrected chi connectivity index (χ3v) is 4.69. The molecule has 5 nitrogen and oxygen atoms in total. The molecular formula is C13H21N3O2. The van der Waals surface area contributed by atoms with E-state index in [1.807, 2.05) is 0 Å². The Morgan fingerprint density at radius 3 is 1.83 bits per heavy atom. The Morgan fingerprint density at radius 2 is 1.56 bits per heavy atom. The molecule has 3 rings (SSSR count). The summed E-state index contributed by atoms with van der Waals surface area (Å²) >= 11 is 0. The molecule has 100 valence electrons. The number of carbonyl (C=O) groups is 2. The predicted octanol–water partition coefficient (Wildman–Crippen LogP) is 1.12. The molecule has 0 aromatic rings. The number of nitrogens with zero attached hydrogens (tertiary/aromatic N) is 1. The summed E-state index contributed by atoms with van der Waals surface area (Å²) in [5.74, 6) is 0.121. The molecule has 0 heterocycles. The van der Waals surface area contributed by atoms with Crippen LogP contribution in [-0.2, 0) is 4.79 Å². The molecular weight excluding hydrogens is 230 g/mol. The van der Waals surface area contributed by atoms with Crippen LogP contribution < -0.4 is 11.1 Å². The molecule has 0 aromatic carbocycles. The van der Waals surface area contributed by atoms with Gasteiger partial charge in [0.05, 0.1) is 0 Å². The monoisotopic (exact) mass is 251 g/mol. The summed E-state index contributed by atoms with van der Waals surface area (Å²) in [5, 5.41) is 2.66. The van der Waals surface area contributed by atoms with Crippen LogP contribution >= 0.6 is 0 Å². The number of nitrogens with one attached hydrogen (secondary N) is 1. The van der Waals surface area contributed by atoms with Crippen LogP contribution in [0.4, 0.5) is 4.79 Å². The van der Waals surface area contributed by atoms with Gasteiger partial charge in [-0.3, -0.25) is 4.79 Å². The Kier molecular flexibility index (Phi) is 2.72. The van der Waals surface area contributed by atoms with Gasteiger partial charge in [0.1, 0.15) is 5.54 Å². The molecule has 0 saturated heterocycles. The first-order valence-corrected chi connectivity index (χ1v) is 7.03. The molecule has 0 atom stereocenters. The number of urea groups is 1. The molecule has 5 heteroatoms. The number of nitrogens with two attached hydrogens (primary N) is 1. The van der Waals surface area contributed by atoms with Crippen LogP contribution in [0.3, 0.4) is 0 Å². The van der Waals surface area contributed by atoms with Gasteiger partial charge in [0.15, 0.2) is 0 Å². The van der Waals surface area contributed by atoms with E-state index in [1.165, 1.54) is 12.8 Å². The summed E-state index contributed by atoms with van der Waals surface area (Å²) in [6.45, 7) is 0. The first kappa shape index (κ1) is 11.8. The van der Waals surface area contributed by atoms with Gasteiger partial charge in [0.2, 0.25) is 5.91 Å². The molecule has 0 spiro atoms. The SMILES string of the molecule is NC(=O)NC1(C(=O)N(C2CCC2)C2CCC2)CC1. The molecule has 3 fully saturated rings. The van der Waals surface area contributed by atoms with Crippen LogP contribution in [0.2, 0.25) is 0 Å². The predicted molar refractivity (Wildman–Crippen MR) is 66.8 cm³/mol. The Labute approximate surface area is 107 Å². The molecule has 18 heavy (non-hydrogen) atoms. The lowest BCUT2D eigenvalue weighted by Crippen LogP contribution is -2.60. The van der Waals surface area contributed by atoms with Gasteiger partial charge in [0, 0.05) is 12.1 Å². The number of hydrogen-bond acceptors (Lipinski definition) is 2. The Hall–Kier alpha value is -1.26. The molecule has 3 N–H and O–H groups in total. The third-order valence-electron chi connectivity index (χ3n) is 4.69. The van der Waals surface area contributed by atoms with E-state index in [0.717, 1.165) is 38.5 Å². The van der Waals surface area contributed by atoms with E-state index < -0.39 is 11.6 Å². The van der Waals surface area contributed by atoms with Crippen molar-refractivity contribution < 1.29 is 9.59 Å². The Balaban J connectivity index is 1.73. The van der Waals surface area contributed by atoms with Crippen molar-refractivity contribution in [1.29, 1.82) is 0 Å². The fourth-order valence-electron chi connectivity index (χ4n) is 2.96. The van der Waals surface area contributed by atoms with E-state index in [2.05, 4.69) is 10.2 Å². The highest BCUT2D eigenvalue weighted by Crippen LogP contribution is 2.42. The molecule has 0 aliphatic heterocycles. The first-order chi connectivity index (χ1) is 8.62. The number of amides is 3. The van der Waals surface area contributed by atoms with Crippen molar-refractivity contribution >= 4 is 11.9 Å². The van der Waals surface area contributed by atoms with Crippen molar-refractivity contribution in [1.82, 2.24) is 10.2 Å². The van der Waals surface area contributed by atoms with Gasteiger partial charge in [-0.05, 0) is 51.4 Å². The summed E-state index contributed by atoms with van der Waals surface area (Å²) in [5.41, 5.74) is 4.53. The van der Waals surface area contributed by atoms with Crippen molar-refractivity contribution in [3.8, 4) is 0 Å². The second-order valence-corrected chi connectivity index (χ2v) is 5.95. The second kappa shape index (κ2) is 4.14. The quantitative estimate of drug-likeness (QED) is 0.785. The lowest BCUT2D eigenvalue weighted by atomic mass is 9.84. The largest absolute Gasteiger partial charge is 0.352 e. The highest BCUT2D eigenvalue weighted by atomic mass is 16.2. The minimum absolute atomic E-state index is 0.121. The topological polar surface area (TPSA) is 75.4 Å². The van der Waals surface area contributed by atoms with Crippen LogP contribution in [-0.4, -0.2) is 34.5 Å². The van der Waals surface area contributed by atoms with Gasteiger partial charge < -0.3 is 16.0 Å². The maximum absolute atomic E-state index is 12.7. The molecule has 0 radical (unpaired) electrons. The third kappa shape index (κ3) is 1.85. The first-order valence-electron chi connectivity index (χ1n) is 7.03. The maximum atomic E-state index is 12.7. The highest BCUT2D eigenvalue weighted by molar-refractivity contribution is 5.94. The van der Waals surface area contributed by atoms with Gasteiger partial charge >= 0.3 is 6.03 Å². The summed E-state index contributed by atoms with van der Waals surface area (Å²) in [6, 6.07) is 0.243. The lowest BCUT2D eigenvalue weighted by Gasteiger charge is -2.47. The van der Waals surface area contributed by atoms with Crippen LogP contribution in [0.15, 0.2) is 0 Å². The van der Waals surface area contributed by atoms with E-state index in [0.29, 0.717) is 12.1 Å². The molecule has 0 bridgehead atoms. The zero-order valence-corrected chi connectivity index (χ0v) is 10.7. The fraction of sp³-hybridized carbons (Fsp3) is 0.846. The van der Waals surface area contributed by atoms with E-state index >= 15 is 0 Å². The van der Waals surface area contributed by atoms with Gasteiger partial charge in [-0.1, -0.05) is 0 Å². The van der Waals surface area contributed by atoms with E-state index in [1.54, 1.807) is 0 Å². The van der Waals surface area contributed by atoms with E-state index in [4.69, 9.17) is 5.73 Å². The van der Waals surface area contributed by atoms with Gasteiger partial charge in [-0.15, -0.1) is 0 Å². The average molecular weight is 251 g/mol. The fourth-order valence-corrected chi connectivity index (χ4v) is 2.96. The van der Waals surface area contributed by atoms with Crippen LogP contribution in [0.25, 0.3) is 0 Å². The molecule has 0 aromatic heterocycles. The van der Waals surface area contributed by atoms with Crippen LogP contribution in [0, 0.1) is 0 Å². The van der Waals surface area contributed by atoms with Gasteiger partial charge in [-0.25, -0.2) is 4.79 Å². The van der Waals surface area contributed by atoms with Crippen molar-refractivity contribution in [2.24, 2.45) is 5.73 Å². The van der Waals surface area contributed by atoms with Gasteiger partial charge in [-0.2, -0.15) is 0 Å².